The second-order valence-electron chi connectivity index (χ2n) is 7.75. The summed E-state index contributed by atoms with van der Waals surface area (Å²) in [6.07, 6.45) is 3.44. The summed E-state index contributed by atoms with van der Waals surface area (Å²) in [6, 6.07) is 20.7. The molecule has 168 valence electrons. The van der Waals surface area contributed by atoms with E-state index in [1.54, 1.807) is 65.2 Å². The molecular formula is C26H19ClN4O3. The Morgan fingerprint density at radius 2 is 1.74 bits per heavy atom. The van der Waals surface area contributed by atoms with Crippen LogP contribution in [0.5, 0.6) is 0 Å². The second kappa shape index (κ2) is 8.96. The topological polar surface area (TPSA) is 85.5 Å². The number of anilines is 1. The van der Waals surface area contributed by atoms with Gasteiger partial charge in [0.25, 0.3) is 5.56 Å². The number of pyridine rings is 1. The van der Waals surface area contributed by atoms with Gasteiger partial charge in [0.15, 0.2) is 11.4 Å². The van der Waals surface area contributed by atoms with Gasteiger partial charge in [-0.2, -0.15) is 0 Å². The molecule has 0 bridgehead atoms. The molecule has 1 N–H and O–H groups in total. The molecule has 2 aromatic carbocycles. The summed E-state index contributed by atoms with van der Waals surface area (Å²) in [5.74, 6) is -0.584. The number of hydrogen-bond acceptors (Lipinski definition) is 4. The predicted molar refractivity (Wildman–Crippen MR) is 132 cm³/mol. The number of halogens is 1. The maximum absolute atomic E-state index is 13.0. The van der Waals surface area contributed by atoms with E-state index in [-0.39, 0.29) is 30.2 Å². The average Bonchev–Trinajstić information content (AvgIpc) is 3.36. The fourth-order valence-corrected chi connectivity index (χ4v) is 4.15. The third-order valence-corrected chi connectivity index (χ3v) is 5.83. The van der Waals surface area contributed by atoms with Crippen LogP contribution in [0.4, 0.5) is 5.69 Å². The SMILES string of the molecule is O=C(CCn1c(=O)c2cccn2c2cccnc21)Nc1ccc(Cl)cc1C(=O)c1ccccc1. The van der Waals surface area contributed by atoms with Crippen molar-refractivity contribution in [2.75, 3.05) is 5.32 Å². The Bertz CT molecular complexity index is 1610. The zero-order chi connectivity index (χ0) is 23.7. The lowest BCUT2D eigenvalue weighted by atomic mass is 10.0. The van der Waals surface area contributed by atoms with Crippen LogP contribution in [-0.2, 0) is 11.3 Å². The number of rotatable bonds is 6. The zero-order valence-electron chi connectivity index (χ0n) is 17.9. The maximum Gasteiger partial charge on any atom is 0.276 e. The van der Waals surface area contributed by atoms with Crippen LogP contribution in [0.15, 0.2) is 90.0 Å². The molecule has 1 amide bonds. The monoisotopic (exact) mass is 470 g/mol. The van der Waals surface area contributed by atoms with Gasteiger partial charge in [0, 0.05) is 41.5 Å². The van der Waals surface area contributed by atoms with Crippen molar-refractivity contribution in [3.63, 3.8) is 0 Å². The van der Waals surface area contributed by atoms with Crippen molar-refractivity contribution in [1.82, 2.24) is 14.0 Å². The molecule has 0 aliphatic carbocycles. The quantitative estimate of drug-likeness (QED) is 0.368. The highest BCUT2D eigenvalue weighted by atomic mass is 35.5. The van der Waals surface area contributed by atoms with Crippen LogP contribution >= 0.6 is 11.6 Å². The molecule has 5 rings (SSSR count). The summed E-state index contributed by atoms with van der Waals surface area (Å²) < 4.78 is 3.29. The van der Waals surface area contributed by atoms with Crippen molar-refractivity contribution in [3.05, 3.63) is 112 Å². The van der Waals surface area contributed by atoms with Gasteiger partial charge in [-0.3, -0.25) is 19.0 Å². The summed E-state index contributed by atoms with van der Waals surface area (Å²) >= 11 is 6.13. The first-order valence-electron chi connectivity index (χ1n) is 10.7. The minimum absolute atomic E-state index is 0.0179. The molecule has 5 aromatic rings. The molecule has 8 heteroatoms. The highest BCUT2D eigenvalue weighted by Gasteiger charge is 2.17. The van der Waals surface area contributed by atoms with Crippen LogP contribution in [0.1, 0.15) is 22.3 Å². The van der Waals surface area contributed by atoms with Gasteiger partial charge in [-0.25, -0.2) is 4.98 Å². The molecule has 0 saturated carbocycles. The number of nitrogens with one attached hydrogen (secondary N) is 1. The van der Waals surface area contributed by atoms with Crippen molar-refractivity contribution in [2.45, 2.75) is 13.0 Å². The Balaban J connectivity index is 1.41. The van der Waals surface area contributed by atoms with E-state index in [0.29, 0.717) is 33.0 Å². The van der Waals surface area contributed by atoms with Crippen LogP contribution in [0.25, 0.3) is 16.7 Å². The van der Waals surface area contributed by atoms with E-state index in [1.807, 2.05) is 18.3 Å². The van der Waals surface area contributed by atoms with Crippen LogP contribution in [0, 0.1) is 0 Å². The zero-order valence-corrected chi connectivity index (χ0v) is 18.7. The minimum Gasteiger partial charge on any atom is -0.325 e. The summed E-state index contributed by atoms with van der Waals surface area (Å²) in [6.45, 7) is 0.134. The van der Waals surface area contributed by atoms with E-state index < -0.39 is 0 Å². The predicted octanol–water partition coefficient (Wildman–Crippen LogP) is 4.56. The Hall–Kier alpha value is -4.23. The number of carbonyl (C=O) groups excluding carboxylic acids is 2. The van der Waals surface area contributed by atoms with Gasteiger partial charge in [0.2, 0.25) is 5.91 Å². The number of benzene rings is 2. The third kappa shape index (κ3) is 3.97. The van der Waals surface area contributed by atoms with Crippen LogP contribution in [0.3, 0.4) is 0 Å². The van der Waals surface area contributed by atoms with Crippen molar-refractivity contribution in [3.8, 4) is 0 Å². The number of amides is 1. The first-order chi connectivity index (χ1) is 16.5. The van der Waals surface area contributed by atoms with Gasteiger partial charge in [-0.15, -0.1) is 0 Å². The second-order valence-corrected chi connectivity index (χ2v) is 8.19. The normalized spacial score (nSPS) is 11.1. The summed E-state index contributed by atoms with van der Waals surface area (Å²) in [5, 5.41) is 3.19. The Kier molecular flexibility index (Phi) is 5.69. The summed E-state index contributed by atoms with van der Waals surface area (Å²) in [5.41, 5.74) is 2.70. The van der Waals surface area contributed by atoms with Gasteiger partial charge in [0.1, 0.15) is 5.52 Å². The number of carbonyl (C=O) groups is 2. The lowest BCUT2D eigenvalue weighted by Crippen LogP contribution is -2.26. The molecule has 3 aromatic heterocycles. The molecule has 0 unspecified atom stereocenters. The Morgan fingerprint density at radius 3 is 2.56 bits per heavy atom. The minimum atomic E-state index is -0.337. The van der Waals surface area contributed by atoms with Crippen molar-refractivity contribution in [2.24, 2.45) is 0 Å². The number of ketones is 1. The Morgan fingerprint density at radius 1 is 0.941 bits per heavy atom. The number of hydrogen-bond donors (Lipinski definition) is 1. The third-order valence-electron chi connectivity index (χ3n) is 5.59. The molecule has 34 heavy (non-hydrogen) atoms. The molecule has 7 nitrogen and oxygen atoms in total. The molecule has 0 spiro atoms. The summed E-state index contributed by atoms with van der Waals surface area (Å²) in [7, 11) is 0. The van der Waals surface area contributed by atoms with E-state index in [1.165, 1.54) is 10.6 Å². The lowest BCUT2D eigenvalue weighted by molar-refractivity contribution is -0.116. The molecule has 0 fully saturated rings. The molecule has 0 atom stereocenters. The van der Waals surface area contributed by atoms with E-state index in [4.69, 9.17) is 11.6 Å². The lowest BCUT2D eigenvalue weighted by Gasteiger charge is -2.13. The van der Waals surface area contributed by atoms with E-state index in [0.717, 1.165) is 5.52 Å². The van der Waals surface area contributed by atoms with Crippen LogP contribution < -0.4 is 10.9 Å². The summed E-state index contributed by atoms with van der Waals surface area (Å²) in [4.78, 5) is 43.2. The van der Waals surface area contributed by atoms with Gasteiger partial charge < -0.3 is 9.72 Å². The van der Waals surface area contributed by atoms with Crippen molar-refractivity contribution < 1.29 is 9.59 Å². The molecule has 0 aliphatic heterocycles. The number of nitrogens with zero attached hydrogens (tertiary/aromatic N) is 3. The molecule has 3 heterocycles. The van der Waals surface area contributed by atoms with E-state index >= 15 is 0 Å². The Labute approximate surface area is 199 Å². The fraction of sp³-hybridized carbons (Fsp3) is 0.0769. The fourth-order valence-electron chi connectivity index (χ4n) is 3.98. The molecule has 0 saturated heterocycles. The standard InChI is InChI=1S/C26H19ClN4O3/c27-18-10-11-20(19(16-18)24(33)17-6-2-1-3-7-17)29-23(32)12-15-31-25-21(8-4-13-28-25)30-14-5-9-22(30)26(31)34/h1-11,13-14,16H,12,15H2,(H,29,32). The van der Waals surface area contributed by atoms with Crippen molar-refractivity contribution in [1.29, 1.82) is 0 Å². The molecule has 0 radical (unpaired) electrons. The largest absolute Gasteiger partial charge is 0.325 e. The molecular weight excluding hydrogens is 452 g/mol. The highest BCUT2D eigenvalue weighted by molar-refractivity contribution is 6.31. The molecule has 0 aliphatic rings. The average molecular weight is 471 g/mol. The van der Waals surface area contributed by atoms with Gasteiger partial charge in [-0.1, -0.05) is 41.9 Å². The highest BCUT2D eigenvalue weighted by Crippen LogP contribution is 2.24. The van der Waals surface area contributed by atoms with Crippen molar-refractivity contribution >= 4 is 45.7 Å². The van der Waals surface area contributed by atoms with E-state index in [9.17, 15) is 14.4 Å². The first kappa shape index (κ1) is 21.6. The number of fused-ring (bicyclic) bond motifs is 3. The number of aromatic nitrogens is 3. The van der Waals surface area contributed by atoms with Crippen LogP contribution in [-0.4, -0.2) is 25.6 Å². The van der Waals surface area contributed by atoms with Crippen LogP contribution in [0.2, 0.25) is 5.02 Å². The van der Waals surface area contributed by atoms with Gasteiger partial charge in [0.05, 0.1) is 11.2 Å². The number of aryl methyl sites for hydroxylation is 1. The van der Waals surface area contributed by atoms with Gasteiger partial charge >= 0.3 is 0 Å². The maximum atomic E-state index is 13.0. The first-order valence-corrected chi connectivity index (χ1v) is 11.0. The van der Waals surface area contributed by atoms with Gasteiger partial charge in [-0.05, 0) is 42.5 Å². The van der Waals surface area contributed by atoms with E-state index in [2.05, 4.69) is 10.3 Å². The smallest absolute Gasteiger partial charge is 0.276 e.